The number of nitrogens with zero attached hydrogens (tertiary/aromatic N) is 3. The molecule has 2 heterocycles. The maximum Gasteiger partial charge on any atom is 0.222 e. The molecule has 1 aromatic carbocycles. The normalized spacial score (nSPS) is 15.0. The predicted molar refractivity (Wildman–Crippen MR) is 112 cm³/mol. The Hall–Kier alpha value is -2.47. The van der Waals surface area contributed by atoms with Gasteiger partial charge in [0.1, 0.15) is 5.82 Å². The molecular formula is C23H30FN3O2. The van der Waals surface area contributed by atoms with E-state index in [2.05, 4.69) is 11.8 Å². The Balaban J connectivity index is 1.63. The third-order valence-electron chi connectivity index (χ3n) is 5.65. The molecule has 0 N–H and O–H groups in total. The Kier molecular flexibility index (Phi) is 6.85. The molecule has 1 aliphatic heterocycles. The van der Waals surface area contributed by atoms with Crippen LogP contribution >= 0.6 is 0 Å². The standard InChI is InChI=1S/C23H30FN3O2/c1-4-5-6-23(29)26-13-11-25(12-14-26)16-22(28)21-15-17(2)27(18(21)3)20-9-7-19(24)8-10-20/h7-10,15H,4-6,11-14,16H2,1-3H3. The molecule has 0 aliphatic carbocycles. The zero-order chi connectivity index (χ0) is 21.0. The van der Waals surface area contributed by atoms with Crippen molar-refractivity contribution in [3.05, 3.63) is 53.1 Å². The van der Waals surface area contributed by atoms with Crippen molar-refractivity contribution in [2.24, 2.45) is 0 Å². The van der Waals surface area contributed by atoms with Gasteiger partial charge in [-0.2, -0.15) is 0 Å². The van der Waals surface area contributed by atoms with Crippen LogP contribution in [-0.2, 0) is 4.79 Å². The summed E-state index contributed by atoms with van der Waals surface area (Å²) in [5.74, 6) is 0.0257. The van der Waals surface area contributed by atoms with E-state index < -0.39 is 0 Å². The second kappa shape index (κ2) is 9.35. The zero-order valence-electron chi connectivity index (χ0n) is 17.6. The van der Waals surface area contributed by atoms with Gasteiger partial charge in [-0.15, -0.1) is 0 Å². The lowest BCUT2D eigenvalue weighted by Gasteiger charge is -2.34. The van der Waals surface area contributed by atoms with Gasteiger partial charge in [0.25, 0.3) is 0 Å². The summed E-state index contributed by atoms with van der Waals surface area (Å²) in [6.45, 7) is 9.13. The van der Waals surface area contributed by atoms with E-state index in [0.717, 1.165) is 43.0 Å². The van der Waals surface area contributed by atoms with E-state index in [4.69, 9.17) is 0 Å². The Labute approximate surface area is 172 Å². The number of aryl methyl sites for hydroxylation is 1. The first kappa shape index (κ1) is 21.2. The number of benzene rings is 1. The number of aromatic nitrogens is 1. The molecule has 0 unspecified atom stereocenters. The molecule has 1 saturated heterocycles. The number of carbonyl (C=O) groups excluding carboxylic acids is 2. The Morgan fingerprint density at radius 1 is 1.03 bits per heavy atom. The van der Waals surface area contributed by atoms with Gasteiger partial charge < -0.3 is 9.47 Å². The number of hydrogen-bond donors (Lipinski definition) is 0. The summed E-state index contributed by atoms with van der Waals surface area (Å²) < 4.78 is 15.2. The number of amides is 1. The topological polar surface area (TPSA) is 45.6 Å². The quantitative estimate of drug-likeness (QED) is 0.666. The van der Waals surface area contributed by atoms with Crippen molar-refractivity contribution in [2.45, 2.75) is 40.0 Å². The Morgan fingerprint density at radius 2 is 1.69 bits per heavy atom. The van der Waals surface area contributed by atoms with E-state index in [1.54, 1.807) is 12.1 Å². The van der Waals surface area contributed by atoms with Crippen molar-refractivity contribution in [3.8, 4) is 5.69 Å². The van der Waals surface area contributed by atoms with Crippen LogP contribution in [-0.4, -0.2) is 58.8 Å². The minimum Gasteiger partial charge on any atom is -0.340 e. The van der Waals surface area contributed by atoms with Crippen LogP contribution < -0.4 is 0 Å². The second-order valence-electron chi connectivity index (χ2n) is 7.78. The summed E-state index contributed by atoms with van der Waals surface area (Å²) in [5, 5.41) is 0. The molecule has 0 atom stereocenters. The lowest BCUT2D eigenvalue weighted by molar-refractivity contribution is -0.132. The van der Waals surface area contributed by atoms with E-state index in [1.165, 1.54) is 12.1 Å². The fourth-order valence-electron chi connectivity index (χ4n) is 3.96. The Morgan fingerprint density at radius 3 is 2.31 bits per heavy atom. The van der Waals surface area contributed by atoms with E-state index in [9.17, 15) is 14.0 Å². The zero-order valence-corrected chi connectivity index (χ0v) is 17.6. The highest BCUT2D eigenvalue weighted by Gasteiger charge is 2.24. The molecule has 1 aromatic heterocycles. The van der Waals surface area contributed by atoms with E-state index >= 15 is 0 Å². The molecule has 0 saturated carbocycles. The summed E-state index contributed by atoms with van der Waals surface area (Å²) in [6.07, 6.45) is 2.57. The van der Waals surface area contributed by atoms with Gasteiger partial charge in [0.05, 0.1) is 6.54 Å². The Bertz CT molecular complexity index is 865. The van der Waals surface area contributed by atoms with Crippen molar-refractivity contribution in [2.75, 3.05) is 32.7 Å². The fraction of sp³-hybridized carbons (Fsp3) is 0.478. The minimum absolute atomic E-state index is 0.0808. The van der Waals surface area contributed by atoms with Gasteiger partial charge in [0, 0.05) is 55.2 Å². The van der Waals surface area contributed by atoms with Gasteiger partial charge >= 0.3 is 0 Å². The summed E-state index contributed by atoms with van der Waals surface area (Å²) in [5.41, 5.74) is 3.37. The molecule has 2 aromatic rings. The highest BCUT2D eigenvalue weighted by molar-refractivity contribution is 5.99. The monoisotopic (exact) mass is 399 g/mol. The number of Topliss-reactive ketones (excluding diaryl/α,β-unsaturated/α-hetero) is 1. The van der Waals surface area contributed by atoms with Gasteiger partial charge in [0.2, 0.25) is 5.91 Å². The summed E-state index contributed by atoms with van der Waals surface area (Å²) >= 11 is 0. The van der Waals surface area contributed by atoms with Crippen molar-refractivity contribution in [1.29, 1.82) is 0 Å². The fourth-order valence-corrected chi connectivity index (χ4v) is 3.96. The molecular weight excluding hydrogens is 369 g/mol. The molecule has 0 bridgehead atoms. The largest absolute Gasteiger partial charge is 0.340 e. The summed E-state index contributed by atoms with van der Waals surface area (Å²) in [7, 11) is 0. The SMILES string of the molecule is CCCCC(=O)N1CCN(CC(=O)c2cc(C)n(-c3ccc(F)cc3)c2C)CC1. The van der Waals surface area contributed by atoms with E-state index in [-0.39, 0.29) is 17.5 Å². The highest BCUT2D eigenvalue weighted by Crippen LogP contribution is 2.22. The third kappa shape index (κ3) is 4.93. The molecule has 5 nitrogen and oxygen atoms in total. The van der Waals surface area contributed by atoms with Crippen LogP contribution in [0.1, 0.15) is 47.9 Å². The molecule has 156 valence electrons. The summed E-state index contributed by atoms with van der Waals surface area (Å²) in [6, 6.07) is 8.20. The number of unbranched alkanes of at least 4 members (excludes halogenated alkanes) is 1. The number of carbonyl (C=O) groups is 2. The lowest BCUT2D eigenvalue weighted by atomic mass is 10.1. The maximum absolute atomic E-state index is 13.2. The first-order chi connectivity index (χ1) is 13.9. The average Bonchev–Trinajstić information content (AvgIpc) is 3.01. The number of halogens is 1. The molecule has 1 fully saturated rings. The number of hydrogen-bond acceptors (Lipinski definition) is 3. The third-order valence-corrected chi connectivity index (χ3v) is 5.65. The minimum atomic E-state index is -0.278. The molecule has 29 heavy (non-hydrogen) atoms. The van der Waals surface area contributed by atoms with Crippen LogP contribution in [0, 0.1) is 19.7 Å². The smallest absolute Gasteiger partial charge is 0.222 e. The number of rotatable bonds is 7. The van der Waals surface area contributed by atoms with Crippen molar-refractivity contribution >= 4 is 11.7 Å². The van der Waals surface area contributed by atoms with Crippen LogP contribution in [0.4, 0.5) is 4.39 Å². The predicted octanol–water partition coefficient (Wildman–Crippen LogP) is 3.75. The number of ketones is 1. The second-order valence-corrected chi connectivity index (χ2v) is 7.78. The first-order valence-electron chi connectivity index (χ1n) is 10.4. The summed E-state index contributed by atoms with van der Waals surface area (Å²) in [4.78, 5) is 29.1. The van der Waals surface area contributed by atoms with Crippen LogP contribution in [0.2, 0.25) is 0 Å². The van der Waals surface area contributed by atoms with Crippen molar-refractivity contribution in [3.63, 3.8) is 0 Å². The van der Waals surface area contributed by atoms with Crippen LogP contribution in [0.5, 0.6) is 0 Å². The molecule has 6 heteroatoms. The van der Waals surface area contributed by atoms with Crippen molar-refractivity contribution in [1.82, 2.24) is 14.4 Å². The van der Waals surface area contributed by atoms with Gasteiger partial charge in [-0.25, -0.2) is 4.39 Å². The van der Waals surface area contributed by atoms with E-state index in [1.807, 2.05) is 29.4 Å². The van der Waals surface area contributed by atoms with Gasteiger partial charge in [-0.3, -0.25) is 14.5 Å². The van der Waals surface area contributed by atoms with Crippen LogP contribution in [0.15, 0.2) is 30.3 Å². The highest BCUT2D eigenvalue weighted by atomic mass is 19.1. The van der Waals surface area contributed by atoms with E-state index in [0.29, 0.717) is 31.6 Å². The maximum atomic E-state index is 13.2. The number of piperazine rings is 1. The average molecular weight is 400 g/mol. The van der Waals surface area contributed by atoms with Gasteiger partial charge in [0.15, 0.2) is 5.78 Å². The molecule has 0 spiro atoms. The molecule has 3 rings (SSSR count). The van der Waals surface area contributed by atoms with Gasteiger partial charge in [-0.05, 0) is 50.6 Å². The van der Waals surface area contributed by atoms with Crippen molar-refractivity contribution < 1.29 is 14.0 Å². The lowest BCUT2D eigenvalue weighted by Crippen LogP contribution is -2.49. The molecule has 1 amide bonds. The molecule has 0 radical (unpaired) electrons. The molecule has 1 aliphatic rings. The first-order valence-corrected chi connectivity index (χ1v) is 10.4. The van der Waals surface area contributed by atoms with Crippen LogP contribution in [0.25, 0.3) is 5.69 Å². The van der Waals surface area contributed by atoms with Gasteiger partial charge in [-0.1, -0.05) is 13.3 Å². The van der Waals surface area contributed by atoms with Crippen LogP contribution in [0.3, 0.4) is 0 Å².